The van der Waals surface area contributed by atoms with Crippen molar-refractivity contribution in [3.05, 3.63) is 17.1 Å². The summed E-state index contributed by atoms with van der Waals surface area (Å²) in [6.07, 6.45) is 5.69. The highest BCUT2D eigenvalue weighted by atomic mass is 16.3. The Morgan fingerprint density at radius 3 is 2.29 bits per heavy atom. The minimum Gasteiger partial charge on any atom is -0.150 e. The number of hydrogen-bond acceptors (Lipinski definition) is 2. The Balaban J connectivity index is 2.35. The molecule has 7 heavy (non-hydrogen) atoms. The quantitative estimate of drug-likeness (QED) is 0.360. The molecular formula is C5H7NO. The van der Waals surface area contributed by atoms with Crippen LogP contribution in [0.25, 0.3) is 0 Å². The summed E-state index contributed by atoms with van der Waals surface area (Å²) >= 11 is 0. The van der Waals surface area contributed by atoms with Crippen LogP contribution in [0.15, 0.2) is 17.3 Å². The lowest BCUT2D eigenvalue weighted by atomic mass is 10.3. The standard InChI is InChI=1S/C5H7NO/c7-6-5-3-1-2-4-5/h1-2,5H,3-4H2. The highest BCUT2D eigenvalue weighted by molar-refractivity contribution is 4.97. The molecule has 0 radical (unpaired) electrons. The smallest absolute Gasteiger partial charge is 0.0988 e. The average molecular weight is 97.1 g/mol. The molecule has 0 aromatic rings. The van der Waals surface area contributed by atoms with E-state index in [-0.39, 0.29) is 6.04 Å². The molecule has 38 valence electrons. The molecule has 2 heteroatoms. The lowest BCUT2D eigenvalue weighted by molar-refractivity contribution is 0.728. The van der Waals surface area contributed by atoms with Gasteiger partial charge in [0.25, 0.3) is 0 Å². The molecule has 2 nitrogen and oxygen atoms in total. The van der Waals surface area contributed by atoms with Crippen LogP contribution in [-0.2, 0) is 0 Å². The molecule has 0 aliphatic heterocycles. The van der Waals surface area contributed by atoms with E-state index >= 15 is 0 Å². The van der Waals surface area contributed by atoms with Crippen molar-refractivity contribution < 1.29 is 0 Å². The van der Waals surface area contributed by atoms with Crippen LogP contribution >= 0.6 is 0 Å². The van der Waals surface area contributed by atoms with E-state index in [1.807, 2.05) is 12.2 Å². The van der Waals surface area contributed by atoms with Crippen LogP contribution in [0.4, 0.5) is 0 Å². The molecule has 0 bridgehead atoms. The Morgan fingerprint density at radius 1 is 1.43 bits per heavy atom. The van der Waals surface area contributed by atoms with E-state index in [0.717, 1.165) is 12.8 Å². The van der Waals surface area contributed by atoms with E-state index in [2.05, 4.69) is 5.18 Å². The largest absolute Gasteiger partial charge is 0.150 e. The van der Waals surface area contributed by atoms with Crippen molar-refractivity contribution in [1.82, 2.24) is 0 Å². The van der Waals surface area contributed by atoms with E-state index in [1.54, 1.807) is 0 Å². The van der Waals surface area contributed by atoms with Crippen molar-refractivity contribution in [3.8, 4) is 0 Å². The van der Waals surface area contributed by atoms with Gasteiger partial charge in [-0.25, -0.2) is 0 Å². The highest BCUT2D eigenvalue weighted by Gasteiger charge is 2.07. The third-order valence-corrected chi connectivity index (χ3v) is 1.13. The molecule has 0 heterocycles. The Bertz CT molecular complexity index is 90.3. The van der Waals surface area contributed by atoms with Gasteiger partial charge >= 0.3 is 0 Å². The summed E-state index contributed by atoms with van der Waals surface area (Å²) in [5.74, 6) is 0. The van der Waals surface area contributed by atoms with E-state index < -0.39 is 0 Å². The zero-order valence-corrected chi connectivity index (χ0v) is 4.00. The van der Waals surface area contributed by atoms with Crippen molar-refractivity contribution in [3.63, 3.8) is 0 Å². The third-order valence-electron chi connectivity index (χ3n) is 1.13. The fourth-order valence-corrected chi connectivity index (χ4v) is 0.689. The first kappa shape index (κ1) is 4.50. The Morgan fingerprint density at radius 2 is 2.00 bits per heavy atom. The summed E-state index contributed by atoms with van der Waals surface area (Å²) in [4.78, 5) is 9.72. The second kappa shape index (κ2) is 1.87. The lowest BCUT2D eigenvalue weighted by Crippen LogP contribution is -1.92. The minimum absolute atomic E-state index is 0.0556. The maximum absolute atomic E-state index is 9.72. The molecule has 1 aliphatic rings. The first-order valence-corrected chi connectivity index (χ1v) is 2.41. The highest BCUT2D eigenvalue weighted by Crippen LogP contribution is 2.11. The maximum atomic E-state index is 9.72. The predicted molar refractivity (Wildman–Crippen MR) is 28.0 cm³/mol. The number of rotatable bonds is 1. The van der Waals surface area contributed by atoms with Crippen LogP contribution in [0.3, 0.4) is 0 Å². The molecule has 0 aromatic carbocycles. The predicted octanol–water partition coefficient (Wildman–Crippen LogP) is 1.47. The van der Waals surface area contributed by atoms with Gasteiger partial charge in [0.2, 0.25) is 0 Å². The summed E-state index contributed by atoms with van der Waals surface area (Å²) in [5, 5.41) is 2.88. The molecule has 1 aliphatic carbocycles. The van der Waals surface area contributed by atoms with Crippen molar-refractivity contribution in [2.45, 2.75) is 18.9 Å². The van der Waals surface area contributed by atoms with Crippen molar-refractivity contribution in [2.75, 3.05) is 0 Å². The van der Waals surface area contributed by atoms with Gasteiger partial charge in [-0.05, 0) is 12.8 Å². The van der Waals surface area contributed by atoms with Gasteiger partial charge in [0, 0.05) is 0 Å². The van der Waals surface area contributed by atoms with Crippen LogP contribution in [0, 0.1) is 4.91 Å². The SMILES string of the molecule is O=NC1CC=CC1. The molecule has 0 aromatic heterocycles. The molecule has 0 spiro atoms. The average Bonchev–Trinajstić information content (AvgIpc) is 2.14. The Kier molecular flexibility index (Phi) is 1.20. The fourth-order valence-electron chi connectivity index (χ4n) is 0.689. The van der Waals surface area contributed by atoms with Gasteiger partial charge < -0.3 is 0 Å². The van der Waals surface area contributed by atoms with Gasteiger partial charge in [0.1, 0.15) is 0 Å². The Hall–Kier alpha value is -0.660. The van der Waals surface area contributed by atoms with E-state index in [0.29, 0.717) is 0 Å². The molecule has 0 atom stereocenters. The summed E-state index contributed by atoms with van der Waals surface area (Å²) in [5.41, 5.74) is 0. The van der Waals surface area contributed by atoms with E-state index in [9.17, 15) is 4.91 Å². The molecule has 0 saturated heterocycles. The minimum atomic E-state index is 0.0556. The second-order valence-corrected chi connectivity index (χ2v) is 1.70. The van der Waals surface area contributed by atoms with Crippen LogP contribution in [0.5, 0.6) is 0 Å². The first-order valence-electron chi connectivity index (χ1n) is 2.41. The van der Waals surface area contributed by atoms with Crippen LogP contribution in [0.1, 0.15) is 12.8 Å². The fraction of sp³-hybridized carbons (Fsp3) is 0.600. The number of nitroso groups, excluding NO2 is 1. The third kappa shape index (κ3) is 0.856. The van der Waals surface area contributed by atoms with Crippen LogP contribution < -0.4 is 0 Å². The van der Waals surface area contributed by atoms with Crippen molar-refractivity contribution in [1.29, 1.82) is 0 Å². The van der Waals surface area contributed by atoms with E-state index in [4.69, 9.17) is 0 Å². The second-order valence-electron chi connectivity index (χ2n) is 1.70. The van der Waals surface area contributed by atoms with Gasteiger partial charge in [-0.1, -0.05) is 17.3 Å². The number of nitrogens with zero attached hydrogens (tertiary/aromatic N) is 1. The molecule has 0 unspecified atom stereocenters. The van der Waals surface area contributed by atoms with Crippen LogP contribution in [0.2, 0.25) is 0 Å². The molecule has 0 N–H and O–H groups in total. The molecule has 1 rings (SSSR count). The van der Waals surface area contributed by atoms with Crippen LogP contribution in [-0.4, -0.2) is 6.04 Å². The monoisotopic (exact) mass is 97.1 g/mol. The summed E-state index contributed by atoms with van der Waals surface area (Å²) < 4.78 is 0. The normalized spacial score (nSPS) is 20.6. The summed E-state index contributed by atoms with van der Waals surface area (Å²) in [6, 6.07) is 0.0556. The van der Waals surface area contributed by atoms with Gasteiger partial charge in [-0.15, -0.1) is 0 Å². The first-order chi connectivity index (χ1) is 3.43. The zero-order valence-electron chi connectivity index (χ0n) is 4.00. The van der Waals surface area contributed by atoms with Gasteiger partial charge in [-0.3, -0.25) is 0 Å². The summed E-state index contributed by atoms with van der Waals surface area (Å²) in [7, 11) is 0. The topological polar surface area (TPSA) is 29.4 Å². The number of hydrogen-bond donors (Lipinski definition) is 0. The Labute approximate surface area is 42.2 Å². The molecular weight excluding hydrogens is 90.1 g/mol. The van der Waals surface area contributed by atoms with Gasteiger partial charge in [-0.2, -0.15) is 4.91 Å². The van der Waals surface area contributed by atoms with E-state index in [1.165, 1.54) is 0 Å². The zero-order chi connectivity index (χ0) is 5.11. The molecule has 0 amide bonds. The summed E-state index contributed by atoms with van der Waals surface area (Å²) in [6.45, 7) is 0. The van der Waals surface area contributed by atoms with Crippen molar-refractivity contribution in [2.24, 2.45) is 5.18 Å². The molecule has 0 saturated carbocycles. The maximum Gasteiger partial charge on any atom is 0.0988 e. The molecule has 0 fully saturated rings. The van der Waals surface area contributed by atoms with Crippen molar-refractivity contribution >= 4 is 0 Å². The van der Waals surface area contributed by atoms with Gasteiger partial charge in [0.15, 0.2) is 0 Å². The van der Waals surface area contributed by atoms with Gasteiger partial charge in [0.05, 0.1) is 6.04 Å². The lowest BCUT2D eigenvalue weighted by Gasteiger charge is -1.89.